The minimum absolute atomic E-state index is 0.0638. The van der Waals surface area contributed by atoms with Crippen molar-refractivity contribution in [2.45, 2.75) is 39.2 Å². The van der Waals surface area contributed by atoms with Crippen molar-refractivity contribution in [3.8, 4) is 5.75 Å². The average molecular weight is 521 g/mol. The number of thiazole rings is 1. The Bertz CT molecular complexity index is 1400. The molecule has 37 heavy (non-hydrogen) atoms. The molecule has 8 nitrogen and oxygen atoms in total. The maximum atomic E-state index is 13.4. The molecule has 9 heteroatoms. The van der Waals surface area contributed by atoms with Gasteiger partial charge >= 0.3 is 11.9 Å². The molecule has 1 amide bonds. The Labute approximate surface area is 219 Å². The first-order chi connectivity index (χ1) is 17.5. The molecule has 0 bridgehead atoms. The number of Topliss-reactive ketones (excluding diaryl/α,β-unsaturated/α-hetero) is 1. The molecule has 0 spiro atoms. The second-order valence-electron chi connectivity index (χ2n) is 9.67. The van der Waals surface area contributed by atoms with Crippen molar-refractivity contribution in [2.24, 2.45) is 0 Å². The fourth-order valence-corrected chi connectivity index (χ4v) is 5.19. The topological polar surface area (TPSA) is 106 Å². The number of ketones is 1. The van der Waals surface area contributed by atoms with Crippen LogP contribution in [0.15, 0.2) is 54.1 Å². The Balaban J connectivity index is 1.92. The fourth-order valence-electron chi connectivity index (χ4n) is 4.18. The van der Waals surface area contributed by atoms with E-state index >= 15 is 0 Å². The van der Waals surface area contributed by atoms with Crippen molar-refractivity contribution in [1.82, 2.24) is 4.98 Å². The molecule has 0 radical (unpaired) electrons. The van der Waals surface area contributed by atoms with Crippen LogP contribution in [0.2, 0.25) is 0 Å². The van der Waals surface area contributed by atoms with E-state index in [1.54, 1.807) is 31.2 Å². The van der Waals surface area contributed by atoms with Crippen LogP contribution in [-0.2, 0) is 19.7 Å². The number of carbonyl (C=O) groups is 3. The van der Waals surface area contributed by atoms with Gasteiger partial charge in [0.2, 0.25) is 0 Å². The Hall–Kier alpha value is -3.98. The van der Waals surface area contributed by atoms with Gasteiger partial charge in [-0.3, -0.25) is 14.5 Å². The summed E-state index contributed by atoms with van der Waals surface area (Å²) in [6.45, 7) is 7.90. The molecule has 1 unspecified atom stereocenters. The number of aromatic nitrogens is 1. The van der Waals surface area contributed by atoms with Gasteiger partial charge in [0.05, 0.1) is 31.5 Å². The predicted molar refractivity (Wildman–Crippen MR) is 141 cm³/mol. The van der Waals surface area contributed by atoms with E-state index in [4.69, 9.17) is 9.47 Å². The maximum Gasteiger partial charge on any atom is 0.350 e. The lowest BCUT2D eigenvalue weighted by atomic mass is 9.85. The summed E-state index contributed by atoms with van der Waals surface area (Å²) in [5, 5.41) is 11.5. The maximum absolute atomic E-state index is 13.4. The Morgan fingerprint density at radius 2 is 1.65 bits per heavy atom. The second kappa shape index (κ2) is 9.82. The third-order valence-corrected chi connectivity index (χ3v) is 7.40. The van der Waals surface area contributed by atoms with E-state index in [9.17, 15) is 19.5 Å². The van der Waals surface area contributed by atoms with Crippen molar-refractivity contribution in [3.05, 3.63) is 81.4 Å². The standard InChI is InChI=1S/C28H28N2O6S/c1-15-24(26(34)36-6)37-27(29-15)30-21(16-7-11-18(12-8-16)28(2,3)4)20(23(32)25(30)33)22(31)17-9-13-19(35-5)14-10-17/h7-14,21,31H,1-6H3/b22-20+. The van der Waals surface area contributed by atoms with Crippen LogP contribution in [0, 0.1) is 6.92 Å². The van der Waals surface area contributed by atoms with Crippen LogP contribution in [0.25, 0.3) is 5.76 Å². The van der Waals surface area contributed by atoms with E-state index in [0.29, 0.717) is 22.6 Å². The largest absolute Gasteiger partial charge is 0.507 e. The zero-order valence-electron chi connectivity index (χ0n) is 21.5. The average Bonchev–Trinajstić information content (AvgIpc) is 3.39. The van der Waals surface area contributed by atoms with E-state index in [1.807, 2.05) is 24.3 Å². The lowest BCUT2D eigenvalue weighted by Crippen LogP contribution is -2.29. The number of methoxy groups -OCH3 is 2. The highest BCUT2D eigenvalue weighted by Crippen LogP contribution is 2.44. The molecule has 2 aromatic carbocycles. The summed E-state index contributed by atoms with van der Waals surface area (Å²) < 4.78 is 10.0. The van der Waals surface area contributed by atoms with Crippen molar-refractivity contribution < 1.29 is 29.0 Å². The van der Waals surface area contributed by atoms with Crippen LogP contribution in [-0.4, -0.2) is 42.0 Å². The minimum atomic E-state index is -0.952. The molecule has 192 valence electrons. The van der Waals surface area contributed by atoms with Gasteiger partial charge in [0.15, 0.2) is 5.13 Å². The Morgan fingerprint density at radius 1 is 1.03 bits per heavy atom. The molecule has 4 rings (SSSR count). The van der Waals surface area contributed by atoms with Gasteiger partial charge in [-0.15, -0.1) is 0 Å². The van der Waals surface area contributed by atoms with E-state index < -0.39 is 23.7 Å². The first-order valence-corrected chi connectivity index (χ1v) is 12.4. The van der Waals surface area contributed by atoms with E-state index in [-0.39, 0.29) is 26.8 Å². The number of aryl methyl sites for hydroxylation is 1. The number of carbonyl (C=O) groups excluding carboxylic acids is 3. The number of aliphatic hydroxyl groups excluding tert-OH is 1. The molecular weight excluding hydrogens is 492 g/mol. The van der Waals surface area contributed by atoms with Crippen LogP contribution >= 0.6 is 11.3 Å². The van der Waals surface area contributed by atoms with Crippen LogP contribution in [0.4, 0.5) is 5.13 Å². The molecule has 1 atom stereocenters. The van der Waals surface area contributed by atoms with Crippen molar-refractivity contribution >= 4 is 39.9 Å². The highest BCUT2D eigenvalue weighted by atomic mass is 32.1. The first-order valence-electron chi connectivity index (χ1n) is 11.6. The third kappa shape index (κ3) is 4.74. The van der Waals surface area contributed by atoms with Gasteiger partial charge in [0.25, 0.3) is 5.78 Å². The molecule has 2 heterocycles. The minimum Gasteiger partial charge on any atom is -0.507 e. The molecule has 3 aromatic rings. The Morgan fingerprint density at radius 3 is 2.19 bits per heavy atom. The number of hydrogen-bond donors (Lipinski definition) is 1. The number of amides is 1. The molecule has 0 saturated carbocycles. The molecular formula is C28H28N2O6S. The van der Waals surface area contributed by atoms with E-state index in [0.717, 1.165) is 16.9 Å². The van der Waals surface area contributed by atoms with E-state index in [2.05, 4.69) is 25.8 Å². The number of hydrogen-bond acceptors (Lipinski definition) is 8. The highest BCUT2D eigenvalue weighted by Gasteiger charge is 2.48. The summed E-state index contributed by atoms with van der Waals surface area (Å²) in [6.07, 6.45) is 0. The summed E-state index contributed by atoms with van der Waals surface area (Å²) in [4.78, 5) is 44.9. The summed E-state index contributed by atoms with van der Waals surface area (Å²) in [5.41, 5.74) is 2.26. The summed E-state index contributed by atoms with van der Waals surface area (Å²) >= 11 is 0.962. The van der Waals surface area contributed by atoms with Gasteiger partial charge in [-0.25, -0.2) is 9.78 Å². The number of anilines is 1. The van der Waals surface area contributed by atoms with Crippen LogP contribution in [0.1, 0.15) is 58.9 Å². The molecule has 1 aromatic heterocycles. The number of esters is 1. The first kappa shape index (κ1) is 26.1. The molecule has 1 aliphatic rings. The molecule has 0 aliphatic carbocycles. The van der Waals surface area contributed by atoms with Crippen LogP contribution in [0.5, 0.6) is 5.75 Å². The Kier molecular flexibility index (Phi) is 6.92. The number of aliphatic hydroxyl groups is 1. The van der Waals surface area contributed by atoms with Gasteiger partial charge in [-0.05, 0) is 47.7 Å². The van der Waals surface area contributed by atoms with Crippen molar-refractivity contribution in [3.63, 3.8) is 0 Å². The molecule has 1 N–H and O–H groups in total. The smallest absolute Gasteiger partial charge is 0.350 e. The number of ether oxygens (including phenoxy) is 2. The monoisotopic (exact) mass is 520 g/mol. The van der Waals surface area contributed by atoms with E-state index in [1.165, 1.54) is 19.1 Å². The normalized spacial score (nSPS) is 17.2. The number of benzene rings is 2. The van der Waals surface area contributed by atoms with Gasteiger partial charge in [-0.2, -0.15) is 0 Å². The summed E-state index contributed by atoms with van der Waals surface area (Å²) in [7, 11) is 2.79. The predicted octanol–water partition coefficient (Wildman–Crippen LogP) is 5.17. The molecule has 1 saturated heterocycles. The van der Waals surface area contributed by atoms with Crippen molar-refractivity contribution in [1.29, 1.82) is 0 Å². The summed E-state index contributed by atoms with van der Waals surface area (Å²) in [6, 6.07) is 13.2. The SMILES string of the molecule is COC(=O)c1sc(N2C(=O)C(=O)/C(=C(/O)c3ccc(OC)cc3)C2c2ccc(C(C)(C)C)cc2)nc1C. The van der Waals surface area contributed by atoms with Gasteiger partial charge in [0, 0.05) is 5.56 Å². The summed E-state index contributed by atoms with van der Waals surface area (Å²) in [5.74, 6) is -1.99. The van der Waals surface area contributed by atoms with Crippen molar-refractivity contribution in [2.75, 3.05) is 19.1 Å². The van der Waals surface area contributed by atoms with Gasteiger partial charge < -0.3 is 14.6 Å². The second-order valence-corrected chi connectivity index (χ2v) is 10.6. The fraction of sp³-hybridized carbons (Fsp3) is 0.286. The van der Waals surface area contributed by atoms with Crippen LogP contribution in [0.3, 0.4) is 0 Å². The van der Waals surface area contributed by atoms with Gasteiger partial charge in [0.1, 0.15) is 16.4 Å². The number of rotatable bonds is 5. The number of nitrogens with zero attached hydrogens (tertiary/aromatic N) is 2. The van der Waals surface area contributed by atoms with Crippen LogP contribution < -0.4 is 9.64 Å². The van der Waals surface area contributed by atoms with Gasteiger partial charge in [-0.1, -0.05) is 56.4 Å². The lowest BCUT2D eigenvalue weighted by molar-refractivity contribution is -0.132. The zero-order chi connectivity index (χ0) is 27.1. The lowest BCUT2D eigenvalue weighted by Gasteiger charge is -2.24. The molecule has 1 aliphatic heterocycles. The zero-order valence-corrected chi connectivity index (χ0v) is 22.3. The third-order valence-electron chi connectivity index (χ3n) is 6.26. The quantitative estimate of drug-likeness (QED) is 0.214. The highest BCUT2D eigenvalue weighted by molar-refractivity contribution is 7.17. The molecule has 1 fully saturated rings.